The smallest absolute Gasteiger partial charge is 0.261 e. The van der Waals surface area contributed by atoms with Gasteiger partial charge in [-0.15, -0.1) is 11.3 Å². The molecule has 118 valence electrons. The Balaban J connectivity index is 2.27. The molecule has 0 saturated heterocycles. The summed E-state index contributed by atoms with van der Waals surface area (Å²) in [6.45, 7) is 3.87. The second kappa shape index (κ2) is 6.81. The number of hydrogen-bond donors (Lipinski definition) is 1. The van der Waals surface area contributed by atoms with Crippen LogP contribution in [0.4, 0.5) is 0 Å². The summed E-state index contributed by atoms with van der Waals surface area (Å²) < 4.78 is 25.1. The van der Waals surface area contributed by atoms with Crippen molar-refractivity contribution in [2.75, 3.05) is 0 Å². The SMILES string of the molecule is CCC(C)NC(=O)c1ccc(S(=O)(=O)c2ccc(Cl)cc2)s1. The first-order valence-corrected chi connectivity index (χ1v) is 9.43. The van der Waals surface area contributed by atoms with Crippen molar-refractivity contribution >= 4 is 38.7 Å². The van der Waals surface area contributed by atoms with E-state index in [0.717, 1.165) is 17.8 Å². The van der Waals surface area contributed by atoms with Crippen LogP contribution in [0, 0.1) is 0 Å². The molecule has 0 radical (unpaired) electrons. The number of amides is 1. The van der Waals surface area contributed by atoms with Gasteiger partial charge in [0.25, 0.3) is 5.91 Å². The Kier molecular flexibility index (Phi) is 5.26. The lowest BCUT2D eigenvalue weighted by molar-refractivity contribution is 0.0943. The van der Waals surface area contributed by atoms with E-state index in [4.69, 9.17) is 11.6 Å². The quantitative estimate of drug-likeness (QED) is 0.886. The van der Waals surface area contributed by atoms with Gasteiger partial charge in [-0.25, -0.2) is 8.42 Å². The molecular weight excluding hydrogens is 342 g/mol. The molecule has 2 rings (SSSR count). The Morgan fingerprint density at radius 3 is 2.45 bits per heavy atom. The Labute approximate surface area is 139 Å². The number of rotatable bonds is 5. The lowest BCUT2D eigenvalue weighted by atomic mass is 10.2. The lowest BCUT2D eigenvalue weighted by Crippen LogP contribution is -2.31. The zero-order valence-corrected chi connectivity index (χ0v) is 14.6. The van der Waals surface area contributed by atoms with E-state index in [1.807, 2.05) is 13.8 Å². The molecule has 1 amide bonds. The summed E-state index contributed by atoms with van der Waals surface area (Å²) in [5, 5.41) is 3.29. The number of sulfone groups is 1. The molecule has 2 aromatic rings. The van der Waals surface area contributed by atoms with E-state index in [2.05, 4.69) is 5.32 Å². The molecule has 0 aliphatic rings. The first-order valence-electron chi connectivity index (χ1n) is 6.76. The number of nitrogens with one attached hydrogen (secondary N) is 1. The van der Waals surface area contributed by atoms with Gasteiger partial charge >= 0.3 is 0 Å². The van der Waals surface area contributed by atoms with E-state index in [1.165, 1.54) is 36.4 Å². The summed E-state index contributed by atoms with van der Waals surface area (Å²) in [6, 6.07) is 9.00. The van der Waals surface area contributed by atoms with Crippen molar-refractivity contribution in [3.05, 3.63) is 46.3 Å². The fourth-order valence-corrected chi connectivity index (χ4v) is 4.45. The number of hydrogen-bond acceptors (Lipinski definition) is 4. The number of thiophene rings is 1. The van der Waals surface area contributed by atoms with Crippen LogP contribution < -0.4 is 5.32 Å². The van der Waals surface area contributed by atoms with Crippen molar-refractivity contribution in [2.24, 2.45) is 0 Å². The second-order valence-corrected chi connectivity index (χ2v) is 8.56. The molecule has 0 bridgehead atoms. The maximum atomic E-state index is 12.5. The van der Waals surface area contributed by atoms with Gasteiger partial charge in [-0.05, 0) is 49.7 Å². The largest absolute Gasteiger partial charge is 0.349 e. The standard InChI is InChI=1S/C15H16ClNO3S2/c1-3-10(2)17-15(18)13-8-9-14(21-13)22(19,20)12-6-4-11(16)5-7-12/h4-10H,3H2,1-2H3,(H,17,18). The molecule has 7 heteroatoms. The summed E-state index contributed by atoms with van der Waals surface area (Å²) >= 11 is 6.74. The molecule has 0 saturated carbocycles. The molecule has 1 unspecified atom stereocenters. The van der Waals surface area contributed by atoms with Crippen molar-refractivity contribution in [3.63, 3.8) is 0 Å². The molecule has 0 spiro atoms. The van der Waals surface area contributed by atoms with Gasteiger partial charge in [0.15, 0.2) is 0 Å². The highest BCUT2D eigenvalue weighted by molar-refractivity contribution is 7.93. The van der Waals surface area contributed by atoms with Gasteiger partial charge in [0.1, 0.15) is 4.21 Å². The van der Waals surface area contributed by atoms with E-state index < -0.39 is 9.84 Å². The van der Waals surface area contributed by atoms with Gasteiger partial charge in [-0.1, -0.05) is 18.5 Å². The maximum absolute atomic E-state index is 12.5. The lowest BCUT2D eigenvalue weighted by Gasteiger charge is -2.09. The number of carbonyl (C=O) groups is 1. The van der Waals surface area contributed by atoms with E-state index in [9.17, 15) is 13.2 Å². The van der Waals surface area contributed by atoms with Crippen LogP contribution in [-0.2, 0) is 9.84 Å². The van der Waals surface area contributed by atoms with E-state index in [0.29, 0.717) is 9.90 Å². The van der Waals surface area contributed by atoms with Gasteiger partial charge in [-0.3, -0.25) is 4.79 Å². The van der Waals surface area contributed by atoms with Crippen LogP contribution in [0.2, 0.25) is 5.02 Å². The van der Waals surface area contributed by atoms with E-state index in [1.54, 1.807) is 0 Å². The Hall–Kier alpha value is -1.37. The number of carbonyl (C=O) groups excluding carboxylic acids is 1. The van der Waals surface area contributed by atoms with E-state index >= 15 is 0 Å². The summed E-state index contributed by atoms with van der Waals surface area (Å²) in [5.41, 5.74) is 0. The molecule has 0 aliphatic heterocycles. The molecular formula is C15H16ClNO3S2. The third kappa shape index (κ3) is 3.69. The van der Waals surface area contributed by atoms with Crippen LogP contribution in [0.5, 0.6) is 0 Å². The molecule has 1 N–H and O–H groups in total. The minimum Gasteiger partial charge on any atom is -0.349 e. The highest BCUT2D eigenvalue weighted by Crippen LogP contribution is 2.28. The van der Waals surface area contributed by atoms with Gasteiger partial charge in [0.2, 0.25) is 9.84 Å². The molecule has 1 heterocycles. The topological polar surface area (TPSA) is 63.2 Å². The third-order valence-electron chi connectivity index (χ3n) is 3.18. The summed E-state index contributed by atoms with van der Waals surface area (Å²) in [4.78, 5) is 12.6. The zero-order valence-electron chi connectivity index (χ0n) is 12.2. The van der Waals surface area contributed by atoms with Crippen LogP contribution in [-0.4, -0.2) is 20.4 Å². The monoisotopic (exact) mass is 357 g/mol. The van der Waals surface area contributed by atoms with Gasteiger partial charge in [0.05, 0.1) is 9.77 Å². The molecule has 0 fully saturated rings. The predicted octanol–water partition coefficient (Wildman–Crippen LogP) is 3.76. The van der Waals surface area contributed by atoms with Crippen molar-refractivity contribution in [1.29, 1.82) is 0 Å². The molecule has 4 nitrogen and oxygen atoms in total. The first kappa shape index (κ1) is 17.0. The van der Waals surface area contributed by atoms with Crippen LogP contribution in [0.1, 0.15) is 29.9 Å². The average Bonchev–Trinajstić information content (AvgIpc) is 2.98. The average molecular weight is 358 g/mol. The van der Waals surface area contributed by atoms with Crippen LogP contribution >= 0.6 is 22.9 Å². The first-order chi connectivity index (χ1) is 10.3. The summed E-state index contributed by atoms with van der Waals surface area (Å²) in [5.74, 6) is -0.253. The number of benzene rings is 1. The molecule has 22 heavy (non-hydrogen) atoms. The van der Waals surface area contributed by atoms with Crippen molar-refractivity contribution in [2.45, 2.75) is 35.4 Å². The molecule has 1 aromatic heterocycles. The van der Waals surface area contributed by atoms with Gasteiger partial charge in [-0.2, -0.15) is 0 Å². The third-order valence-corrected chi connectivity index (χ3v) is 6.78. The highest BCUT2D eigenvalue weighted by Gasteiger charge is 2.22. The van der Waals surface area contributed by atoms with Crippen LogP contribution in [0.15, 0.2) is 45.5 Å². The highest BCUT2D eigenvalue weighted by atomic mass is 35.5. The molecule has 1 atom stereocenters. The van der Waals surface area contributed by atoms with Gasteiger partial charge < -0.3 is 5.32 Å². The Bertz CT molecular complexity index is 766. The molecule has 1 aromatic carbocycles. The normalized spacial score (nSPS) is 12.9. The molecule has 0 aliphatic carbocycles. The Morgan fingerprint density at radius 1 is 1.23 bits per heavy atom. The minimum atomic E-state index is -3.62. The van der Waals surface area contributed by atoms with Crippen molar-refractivity contribution in [3.8, 4) is 0 Å². The summed E-state index contributed by atoms with van der Waals surface area (Å²) in [6.07, 6.45) is 0.813. The summed E-state index contributed by atoms with van der Waals surface area (Å²) in [7, 11) is -3.62. The van der Waals surface area contributed by atoms with Gasteiger partial charge in [0, 0.05) is 11.1 Å². The minimum absolute atomic E-state index is 0.0472. The van der Waals surface area contributed by atoms with E-state index in [-0.39, 0.29) is 21.1 Å². The van der Waals surface area contributed by atoms with Crippen LogP contribution in [0.3, 0.4) is 0 Å². The second-order valence-electron chi connectivity index (χ2n) is 4.86. The predicted molar refractivity (Wildman–Crippen MR) is 88.4 cm³/mol. The maximum Gasteiger partial charge on any atom is 0.261 e. The fourth-order valence-electron chi connectivity index (χ4n) is 1.71. The van der Waals surface area contributed by atoms with Crippen LogP contribution in [0.25, 0.3) is 0 Å². The fraction of sp³-hybridized carbons (Fsp3) is 0.267. The van der Waals surface area contributed by atoms with Crippen molar-refractivity contribution < 1.29 is 13.2 Å². The van der Waals surface area contributed by atoms with Crippen molar-refractivity contribution in [1.82, 2.24) is 5.32 Å². The number of halogens is 1. The Morgan fingerprint density at radius 2 is 1.86 bits per heavy atom. The zero-order chi connectivity index (χ0) is 16.3.